The fraction of sp³-hybridized carbons (Fsp3) is 0.263. The average Bonchev–Trinajstić information content (AvgIpc) is 3.03. The maximum atomic E-state index is 6.24. The quantitative estimate of drug-likeness (QED) is 0.465. The Morgan fingerprint density at radius 3 is 2.38 bits per heavy atom. The van der Waals surface area contributed by atoms with Gasteiger partial charge >= 0.3 is 0 Å². The Labute approximate surface area is 167 Å². The molecule has 0 radical (unpaired) electrons. The molecule has 0 unspecified atom stereocenters. The third-order valence-electron chi connectivity index (χ3n) is 3.91. The summed E-state index contributed by atoms with van der Waals surface area (Å²) in [4.78, 5) is 0. The first kappa shape index (κ1) is 19.1. The molecule has 0 aliphatic heterocycles. The van der Waals surface area contributed by atoms with E-state index in [1.165, 1.54) is 5.56 Å². The number of halogens is 2. The van der Waals surface area contributed by atoms with E-state index in [0.29, 0.717) is 22.4 Å². The zero-order chi connectivity index (χ0) is 18.5. The summed E-state index contributed by atoms with van der Waals surface area (Å²) in [6, 6.07) is 13.5. The number of aryl methyl sites for hydroxylation is 1. The molecule has 7 heteroatoms. The van der Waals surface area contributed by atoms with E-state index in [2.05, 4.69) is 17.1 Å². The van der Waals surface area contributed by atoms with Crippen molar-refractivity contribution in [2.24, 2.45) is 0 Å². The molecule has 0 N–H and O–H groups in total. The maximum absolute atomic E-state index is 6.24. The van der Waals surface area contributed by atoms with Gasteiger partial charge < -0.3 is 9.30 Å². The van der Waals surface area contributed by atoms with Crippen LogP contribution in [-0.2, 0) is 18.9 Å². The van der Waals surface area contributed by atoms with E-state index in [1.54, 1.807) is 11.8 Å². The van der Waals surface area contributed by atoms with Gasteiger partial charge in [-0.05, 0) is 43.7 Å². The topological polar surface area (TPSA) is 39.9 Å². The minimum absolute atomic E-state index is 0.372. The molecule has 26 heavy (non-hydrogen) atoms. The van der Waals surface area contributed by atoms with Crippen LogP contribution in [0.5, 0.6) is 5.75 Å². The van der Waals surface area contributed by atoms with Crippen LogP contribution in [0.4, 0.5) is 0 Å². The number of aromatic nitrogens is 3. The molecular weight excluding hydrogens is 389 g/mol. The zero-order valence-electron chi connectivity index (χ0n) is 14.6. The van der Waals surface area contributed by atoms with Crippen molar-refractivity contribution in [1.29, 1.82) is 0 Å². The van der Waals surface area contributed by atoms with Crippen molar-refractivity contribution >= 4 is 35.0 Å². The third kappa shape index (κ3) is 4.53. The Hall–Kier alpha value is -1.69. The molecule has 1 aromatic heterocycles. The lowest BCUT2D eigenvalue weighted by molar-refractivity contribution is 0.288. The third-order valence-corrected chi connectivity index (χ3v) is 5.61. The number of hydrogen-bond acceptors (Lipinski definition) is 4. The van der Waals surface area contributed by atoms with Crippen LogP contribution in [0.15, 0.2) is 47.6 Å². The fourth-order valence-corrected chi connectivity index (χ4v) is 4.20. The van der Waals surface area contributed by atoms with Gasteiger partial charge in [-0.1, -0.05) is 58.7 Å². The van der Waals surface area contributed by atoms with Crippen LogP contribution >= 0.6 is 35.0 Å². The Morgan fingerprint density at radius 2 is 1.73 bits per heavy atom. The van der Waals surface area contributed by atoms with Gasteiger partial charge in [0.1, 0.15) is 12.4 Å². The molecule has 1 heterocycles. The van der Waals surface area contributed by atoms with Crippen LogP contribution in [0.25, 0.3) is 0 Å². The summed E-state index contributed by atoms with van der Waals surface area (Å²) in [7, 11) is 0. The molecule has 136 valence electrons. The molecule has 2 aromatic carbocycles. The number of hydrogen-bond donors (Lipinski definition) is 0. The van der Waals surface area contributed by atoms with E-state index in [0.717, 1.165) is 28.8 Å². The van der Waals surface area contributed by atoms with Crippen LogP contribution in [-0.4, -0.2) is 14.8 Å². The van der Waals surface area contributed by atoms with Crippen molar-refractivity contribution < 1.29 is 4.74 Å². The standard InChI is InChI=1S/C19H19Cl2N3OS/c1-3-24-18(11-25-14-9-7-13(2)8-10-14)22-23-19(24)26-12-15-16(20)5-4-6-17(15)21/h4-10H,3,11-12H2,1-2H3. The first-order chi connectivity index (χ1) is 12.6. The Balaban J connectivity index is 1.68. The van der Waals surface area contributed by atoms with Gasteiger partial charge in [0, 0.05) is 22.3 Å². The zero-order valence-corrected chi connectivity index (χ0v) is 16.9. The monoisotopic (exact) mass is 407 g/mol. The molecule has 3 aromatic rings. The molecule has 4 nitrogen and oxygen atoms in total. The predicted molar refractivity (Wildman–Crippen MR) is 107 cm³/mol. The van der Waals surface area contributed by atoms with E-state index in [9.17, 15) is 0 Å². The van der Waals surface area contributed by atoms with E-state index in [4.69, 9.17) is 27.9 Å². The fourth-order valence-electron chi connectivity index (χ4n) is 2.44. The lowest BCUT2D eigenvalue weighted by atomic mass is 10.2. The highest BCUT2D eigenvalue weighted by Crippen LogP contribution is 2.31. The smallest absolute Gasteiger partial charge is 0.191 e. The second kappa shape index (κ2) is 8.80. The molecule has 0 amide bonds. The van der Waals surface area contributed by atoms with Gasteiger partial charge in [0.2, 0.25) is 0 Å². The highest BCUT2D eigenvalue weighted by atomic mass is 35.5. The van der Waals surface area contributed by atoms with Crippen LogP contribution < -0.4 is 4.74 Å². The normalized spacial score (nSPS) is 10.9. The molecule has 0 saturated carbocycles. The molecule has 0 spiro atoms. The van der Waals surface area contributed by atoms with Crippen LogP contribution in [0.2, 0.25) is 10.0 Å². The first-order valence-electron chi connectivity index (χ1n) is 8.25. The molecule has 0 bridgehead atoms. The van der Waals surface area contributed by atoms with Gasteiger partial charge in [-0.2, -0.15) is 0 Å². The molecule has 0 aliphatic rings. The number of rotatable bonds is 7. The summed E-state index contributed by atoms with van der Waals surface area (Å²) in [5, 5.41) is 10.7. The van der Waals surface area contributed by atoms with Gasteiger partial charge in [0.05, 0.1) is 0 Å². The molecule has 0 aliphatic carbocycles. The van der Waals surface area contributed by atoms with Crippen molar-refractivity contribution in [3.63, 3.8) is 0 Å². The van der Waals surface area contributed by atoms with Crippen molar-refractivity contribution in [2.45, 2.75) is 37.9 Å². The second-order valence-corrected chi connectivity index (χ2v) is 7.49. The van der Waals surface area contributed by atoms with E-state index < -0.39 is 0 Å². The first-order valence-corrected chi connectivity index (χ1v) is 10.00. The van der Waals surface area contributed by atoms with Gasteiger partial charge in [-0.15, -0.1) is 10.2 Å². The minimum Gasteiger partial charge on any atom is -0.486 e. The minimum atomic E-state index is 0.372. The highest BCUT2D eigenvalue weighted by molar-refractivity contribution is 7.98. The summed E-state index contributed by atoms with van der Waals surface area (Å²) in [5.74, 6) is 2.24. The van der Waals surface area contributed by atoms with Gasteiger partial charge in [0.15, 0.2) is 11.0 Å². The van der Waals surface area contributed by atoms with Crippen LogP contribution in [0, 0.1) is 6.92 Å². The number of nitrogens with zero attached hydrogens (tertiary/aromatic N) is 3. The van der Waals surface area contributed by atoms with Crippen molar-refractivity contribution in [1.82, 2.24) is 14.8 Å². The molecule has 0 fully saturated rings. The highest BCUT2D eigenvalue weighted by Gasteiger charge is 2.14. The summed E-state index contributed by atoms with van der Waals surface area (Å²) < 4.78 is 7.87. The lowest BCUT2D eigenvalue weighted by Gasteiger charge is -2.10. The summed E-state index contributed by atoms with van der Waals surface area (Å²) in [5.41, 5.74) is 2.11. The van der Waals surface area contributed by atoms with E-state index >= 15 is 0 Å². The Morgan fingerprint density at radius 1 is 1.04 bits per heavy atom. The summed E-state index contributed by atoms with van der Waals surface area (Å²) in [6.45, 7) is 5.24. The summed E-state index contributed by atoms with van der Waals surface area (Å²) >= 11 is 14.0. The van der Waals surface area contributed by atoms with Crippen molar-refractivity contribution in [3.05, 3.63) is 69.5 Å². The second-order valence-electron chi connectivity index (χ2n) is 5.73. The van der Waals surface area contributed by atoms with Gasteiger partial charge in [0.25, 0.3) is 0 Å². The van der Waals surface area contributed by atoms with E-state index in [1.807, 2.05) is 54.0 Å². The van der Waals surface area contributed by atoms with E-state index in [-0.39, 0.29) is 0 Å². The number of ether oxygens (including phenoxy) is 1. The molecule has 0 saturated heterocycles. The largest absolute Gasteiger partial charge is 0.486 e. The van der Waals surface area contributed by atoms with Crippen LogP contribution in [0.1, 0.15) is 23.9 Å². The van der Waals surface area contributed by atoms with Crippen LogP contribution in [0.3, 0.4) is 0 Å². The Kier molecular flexibility index (Phi) is 6.46. The Bertz CT molecular complexity index is 861. The lowest BCUT2D eigenvalue weighted by Crippen LogP contribution is -2.07. The molecule has 3 rings (SSSR count). The SMILES string of the molecule is CCn1c(COc2ccc(C)cc2)nnc1SCc1c(Cl)cccc1Cl. The molecule has 0 atom stereocenters. The van der Waals surface area contributed by atoms with Crippen molar-refractivity contribution in [3.8, 4) is 5.75 Å². The summed E-state index contributed by atoms with van der Waals surface area (Å²) in [6.07, 6.45) is 0. The average molecular weight is 408 g/mol. The number of thioether (sulfide) groups is 1. The molecular formula is C19H19Cl2N3OS. The van der Waals surface area contributed by atoms with Gasteiger partial charge in [-0.3, -0.25) is 0 Å². The maximum Gasteiger partial charge on any atom is 0.191 e. The van der Waals surface area contributed by atoms with Gasteiger partial charge in [-0.25, -0.2) is 0 Å². The predicted octanol–water partition coefficient (Wildman–Crippen LogP) is 5.78. The van der Waals surface area contributed by atoms with Crippen molar-refractivity contribution in [2.75, 3.05) is 0 Å². The number of benzene rings is 2.